The van der Waals surface area contributed by atoms with Crippen LogP contribution < -0.4 is 0 Å². The summed E-state index contributed by atoms with van der Waals surface area (Å²) in [5.74, 6) is 0.278. The molecule has 1 atom stereocenters. The Labute approximate surface area is 113 Å². The Kier molecular flexibility index (Phi) is 5.93. The highest BCUT2D eigenvalue weighted by Crippen LogP contribution is 2.22. The fourth-order valence-corrected chi connectivity index (χ4v) is 2.59. The first-order chi connectivity index (χ1) is 7.98. The maximum absolute atomic E-state index is 12.1. The summed E-state index contributed by atoms with van der Waals surface area (Å²) >= 11 is 3.44. The Morgan fingerprint density at radius 1 is 1.47 bits per heavy atom. The maximum Gasteiger partial charge on any atom is 0.222 e. The molecule has 1 unspecified atom stereocenters. The number of morpholine rings is 1. The number of hydrogen-bond acceptors (Lipinski definition) is 2. The van der Waals surface area contributed by atoms with Crippen molar-refractivity contribution in [3.63, 3.8) is 0 Å². The summed E-state index contributed by atoms with van der Waals surface area (Å²) in [5.41, 5.74) is -0.225. The number of unbranched alkanes of at least 4 members (excludes halogenated alkanes) is 2. The van der Waals surface area contributed by atoms with Crippen molar-refractivity contribution in [2.24, 2.45) is 0 Å². The van der Waals surface area contributed by atoms with Crippen molar-refractivity contribution in [1.82, 2.24) is 4.90 Å². The van der Waals surface area contributed by atoms with Gasteiger partial charge in [-0.1, -0.05) is 35.7 Å². The van der Waals surface area contributed by atoms with E-state index >= 15 is 0 Å². The van der Waals surface area contributed by atoms with E-state index in [9.17, 15) is 4.79 Å². The topological polar surface area (TPSA) is 29.5 Å². The van der Waals surface area contributed by atoms with Crippen molar-refractivity contribution in [3.8, 4) is 0 Å². The number of nitrogens with zero attached hydrogens (tertiary/aromatic N) is 1. The molecule has 0 spiro atoms. The van der Waals surface area contributed by atoms with Crippen LogP contribution in [0.2, 0.25) is 0 Å². The van der Waals surface area contributed by atoms with Crippen LogP contribution in [0.25, 0.3) is 0 Å². The Bertz CT molecular complexity index is 256. The molecule has 0 aromatic heterocycles. The monoisotopic (exact) mass is 305 g/mol. The van der Waals surface area contributed by atoms with Gasteiger partial charge in [0.15, 0.2) is 0 Å². The summed E-state index contributed by atoms with van der Waals surface area (Å²) in [6.07, 6.45) is 4.10. The average Bonchev–Trinajstić information content (AvgIpc) is 2.27. The minimum absolute atomic E-state index is 0.119. The van der Waals surface area contributed by atoms with Crippen molar-refractivity contribution in [3.05, 3.63) is 0 Å². The zero-order chi connectivity index (χ0) is 12.9. The van der Waals surface area contributed by atoms with Gasteiger partial charge in [0.25, 0.3) is 0 Å². The Hall–Kier alpha value is -0.0900. The number of ether oxygens (including phenoxy) is 1. The predicted octanol–water partition coefficient (Wildman–Crippen LogP) is 2.97. The van der Waals surface area contributed by atoms with E-state index in [1.54, 1.807) is 0 Å². The number of carbonyl (C=O) groups excluding carboxylic acids is 1. The van der Waals surface area contributed by atoms with Crippen LogP contribution >= 0.6 is 15.9 Å². The zero-order valence-electron chi connectivity index (χ0n) is 11.2. The molecule has 17 heavy (non-hydrogen) atoms. The third-order valence-corrected chi connectivity index (χ3v) is 3.72. The van der Waals surface area contributed by atoms with E-state index in [2.05, 4.69) is 22.9 Å². The van der Waals surface area contributed by atoms with Gasteiger partial charge in [0, 0.05) is 24.8 Å². The summed E-state index contributed by atoms with van der Waals surface area (Å²) in [4.78, 5) is 14.0. The van der Waals surface area contributed by atoms with Crippen LogP contribution in [0.4, 0.5) is 0 Å². The van der Waals surface area contributed by atoms with E-state index < -0.39 is 0 Å². The Morgan fingerprint density at radius 2 is 2.18 bits per heavy atom. The second-order valence-corrected chi connectivity index (χ2v) is 6.03. The first-order valence-electron chi connectivity index (χ1n) is 6.50. The van der Waals surface area contributed by atoms with E-state index in [4.69, 9.17) is 4.74 Å². The lowest BCUT2D eigenvalue weighted by atomic mass is 10.0. The number of carbonyl (C=O) groups is 1. The van der Waals surface area contributed by atoms with E-state index in [1.807, 2.05) is 18.7 Å². The summed E-state index contributed by atoms with van der Waals surface area (Å²) in [6, 6.07) is 0. The van der Waals surface area contributed by atoms with Crippen LogP contribution in [-0.4, -0.2) is 40.9 Å². The molecule has 0 saturated carbocycles. The lowest BCUT2D eigenvalue weighted by Gasteiger charge is -2.42. The smallest absolute Gasteiger partial charge is 0.222 e. The van der Waals surface area contributed by atoms with E-state index in [0.29, 0.717) is 13.0 Å². The fourth-order valence-electron chi connectivity index (χ4n) is 2.25. The molecule has 1 saturated heterocycles. The van der Waals surface area contributed by atoms with Gasteiger partial charge in [-0.2, -0.15) is 0 Å². The Morgan fingerprint density at radius 3 is 2.76 bits per heavy atom. The first-order valence-corrected chi connectivity index (χ1v) is 7.62. The van der Waals surface area contributed by atoms with Crippen LogP contribution in [-0.2, 0) is 9.53 Å². The van der Waals surface area contributed by atoms with Gasteiger partial charge in [0.2, 0.25) is 5.91 Å². The number of rotatable bonds is 5. The largest absolute Gasteiger partial charge is 0.368 e. The SMILES string of the molecule is CCCCCC(=O)N1CC(CBr)OC(C)(C)C1. The predicted molar refractivity (Wildman–Crippen MR) is 73.5 cm³/mol. The molecule has 1 rings (SSSR count). The van der Waals surface area contributed by atoms with E-state index in [1.165, 1.54) is 0 Å². The lowest BCUT2D eigenvalue weighted by Crippen LogP contribution is -2.55. The van der Waals surface area contributed by atoms with E-state index in [-0.39, 0.29) is 17.6 Å². The number of halogens is 1. The molecule has 1 aliphatic heterocycles. The summed E-state index contributed by atoms with van der Waals surface area (Å²) < 4.78 is 5.89. The molecule has 0 N–H and O–H groups in total. The van der Waals surface area contributed by atoms with Gasteiger partial charge >= 0.3 is 0 Å². The third kappa shape index (κ3) is 4.96. The molecule has 0 aliphatic carbocycles. The van der Waals surface area contributed by atoms with Gasteiger partial charge in [-0.25, -0.2) is 0 Å². The van der Waals surface area contributed by atoms with Crippen molar-refractivity contribution >= 4 is 21.8 Å². The Balaban J connectivity index is 2.48. The number of hydrogen-bond donors (Lipinski definition) is 0. The van der Waals surface area contributed by atoms with E-state index in [0.717, 1.165) is 31.1 Å². The normalized spacial score (nSPS) is 23.8. The number of alkyl halides is 1. The molecule has 0 radical (unpaired) electrons. The van der Waals surface area contributed by atoms with Crippen molar-refractivity contribution in [2.75, 3.05) is 18.4 Å². The highest BCUT2D eigenvalue weighted by atomic mass is 79.9. The second kappa shape index (κ2) is 6.74. The highest BCUT2D eigenvalue weighted by Gasteiger charge is 2.34. The molecule has 0 bridgehead atoms. The molecule has 4 heteroatoms. The molecule has 1 heterocycles. The summed E-state index contributed by atoms with van der Waals surface area (Å²) in [6.45, 7) is 7.69. The van der Waals surface area contributed by atoms with Gasteiger partial charge in [0.05, 0.1) is 11.7 Å². The van der Waals surface area contributed by atoms with Crippen LogP contribution in [0.3, 0.4) is 0 Å². The summed E-state index contributed by atoms with van der Waals surface area (Å²) in [5, 5.41) is 0.787. The van der Waals surface area contributed by atoms with Crippen LogP contribution in [0.5, 0.6) is 0 Å². The first kappa shape index (κ1) is 15.0. The average molecular weight is 306 g/mol. The van der Waals surface area contributed by atoms with Crippen molar-refractivity contribution < 1.29 is 9.53 Å². The standard InChI is InChI=1S/C13H24BrNO2/c1-4-5-6-7-12(16)15-9-11(8-14)17-13(2,3)10-15/h11H,4-10H2,1-3H3. The zero-order valence-corrected chi connectivity index (χ0v) is 12.8. The van der Waals surface area contributed by atoms with Crippen LogP contribution in [0.15, 0.2) is 0 Å². The van der Waals surface area contributed by atoms with Gasteiger partial charge < -0.3 is 9.64 Å². The van der Waals surface area contributed by atoms with Crippen LogP contribution in [0, 0.1) is 0 Å². The molecular formula is C13H24BrNO2. The minimum atomic E-state index is -0.225. The molecule has 100 valence electrons. The fraction of sp³-hybridized carbons (Fsp3) is 0.923. The molecule has 3 nitrogen and oxygen atoms in total. The molecule has 1 aliphatic rings. The van der Waals surface area contributed by atoms with Crippen molar-refractivity contribution in [2.45, 2.75) is 58.2 Å². The molecular weight excluding hydrogens is 282 g/mol. The third-order valence-electron chi connectivity index (χ3n) is 3.00. The van der Waals surface area contributed by atoms with Gasteiger partial charge in [-0.05, 0) is 20.3 Å². The maximum atomic E-state index is 12.1. The molecule has 0 aromatic carbocycles. The van der Waals surface area contributed by atoms with Gasteiger partial charge in [-0.15, -0.1) is 0 Å². The van der Waals surface area contributed by atoms with Crippen LogP contribution in [0.1, 0.15) is 46.5 Å². The quantitative estimate of drug-likeness (QED) is 0.577. The number of amides is 1. The minimum Gasteiger partial charge on any atom is -0.368 e. The van der Waals surface area contributed by atoms with Gasteiger partial charge in [0.1, 0.15) is 0 Å². The molecule has 1 fully saturated rings. The molecule has 1 amide bonds. The van der Waals surface area contributed by atoms with Crippen molar-refractivity contribution in [1.29, 1.82) is 0 Å². The highest BCUT2D eigenvalue weighted by molar-refractivity contribution is 9.09. The summed E-state index contributed by atoms with van der Waals surface area (Å²) in [7, 11) is 0. The van der Waals surface area contributed by atoms with Gasteiger partial charge in [-0.3, -0.25) is 4.79 Å². The lowest BCUT2D eigenvalue weighted by molar-refractivity contribution is -0.157. The second-order valence-electron chi connectivity index (χ2n) is 5.39. The molecule has 0 aromatic rings.